The SMILES string of the molecule is Cc1nc(-c2cccc(CN=C(N)NCC3CCCO3)c2)n[nH]1. The van der Waals surface area contributed by atoms with E-state index in [-0.39, 0.29) is 6.10 Å². The van der Waals surface area contributed by atoms with Gasteiger partial charge in [-0.05, 0) is 31.4 Å². The quantitative estimate of drug-likeness (QED) is 0.571. The maximum Gasteiger partial charge on any atom is 0.189 e. The zero-order valence-electron chi connectivity index (χ0n) is 13.2. The number of nitrogens with zero attached hydrogens (tertiary/aromatic N) is 3. The number of benzene rings is 1. The molecule has 1 saturated heterocycles. The van der Waals surface area contributed by atoms with Crippen LogP contribution >= 0.6 is 0 Å². The Kier molecular flexibility index (Phi) is 4.87. The standard InChI is InChI=1S/C16H22N6O/c1-11-20-15(22-21-11)13-5-2-4-12(8-13)9-18-16(17)19-10-14-6-3-7-23-14/h2,4-5,8,14H,3,6-7,9-10H2,1H3,(H3,17,18,19)(H,20,21,22). The number of nitrogens with two attached hydrogens (primary N) is 1. The molecule has 3 rings (SSSR count). The molecule has 1 aromatic carbocycles. The normalized spacial score (nSPS) is 18.3. The highest BCUT2D eigenvalue weighted by molar-refractivity contribution is 5.77. The summed E-state index contributed by atoms with van der Waals surface area (Å²) < 4.78 is 5.54. The Morgan fingerprint density at radius 2 is 2.43 bits per heavy atom. The van der Waals surface area contributed by atoms with Gasteiger partial charge in [0.1, 0.15) is 5.82 Å². The van der Waals surface area contributed by atoms with Gasteiger partial charge in [-0.25, -0.2) is 9.98 Å². The van der Waals surface area contributed by atoms with E-state index in [1.54, 1.807) is 0 Å². The molecule has 7 nitrogen and oxygen atoms in total. The summed E-state index contributed by atoms with van der Waals surface area (Å²) in [7, 11) is 0. The molecule has 1 fully saturated rings. The van der Waals surface area contributed by atoms with E-state index in [0.717, 1.165) is 36.4 Å². The summed E-state index contributed by atoms with van der Waals surface area (Å²) >= 11 is 0. The van der Waals surface area contributed by atoms with Crippen LogP contribution in [-0.4, -0.2) is 40.4 Å². The van der Waals surface area contributed by atoms with Crippen LogP contribution in [0.2, 0.25) is 0 Å². The van der Waals surface area contributed by atoms with Crippen molar-refractivity contribution in [2.24, 2.45) is 10.7 Å². The molecule has 1 aliphatic rings. The molecule has 0 bridgehead atoms. The number of aliphatic imine (C=N–C) groups is 1. The molecular weight excluding hydrogens is 292 g/mol. The predicted octanol–water partition coefficient (Wildman–Crippen LogP) is 1.36. The van der Waals surface area contributed by atoms with Gasteiger partial charge >= 0.3 is 0 Å². The minimum atomic E-state index is 0.251. The van der Waals surface area contributed by atoms with Gasteiger partial charge in [0.2, 0.25) is 0 Å². The van der Waals surface area contributed by atoms with E-state index in [1.165, 1.54) is 0 Å². The minimum absolute atomic E-state index is 0.251. The molecule has 1 aromatic heterocycles. The molecule has 7 heteroatoms. The van der Waals surface area contributed by atoms with E-state index < -0.39 is 0 Å². The summed E-state index contributed by atoms with van der Waals surface area (Å²) in [5.41, 5.74) is 7.93. The maximum atomic E-state index is 5.91. The number of rotatable bonds is 5. The molecule has 1 unspecified atom stereocenters. The van der Waals surface area contributed by atoms with E-state index in [2.05, 4.69) is 25.5 Å². The van der Waals surface area contributed by atoms with Gasteiger partial charge in [0, 0.05) is 18.7 Å². The first-order valence-corrected chi connectivity index (χ1v) is 7.84. The van der Waals surface area contributed by atoms with Gasteiger partial charge in [0.05, 0.1) is 12.6 Å². The molecule has 2 aromatic rings. The zero-order valence-corrected chi connectivity index (χ0v) is 13.2. The van der Waals surface area contributed by atoms with Gasteiger partial charge in [-0.15, -0.1) is 0 Å². The fourth-order valence-corrected chi connectivity index (χ4v) is 2.54. The van der Waals surface area contributed by atoms with E-state index >= 15 is 0 Å². The van der Waals surface area contributed by atoms with Gasteiger partial charge in [0.15, 0.2) is 11.8 Å². The number of hydrogen-bond donors (Lipinski definition) is 3. The molecule has 122 valence electrons. The summed E-state index contributed by atoms with van der Waals surface area (Å²) in [4.78, 5) is 8.71. The fraction of sp³-hybridized carbons (Fsp3) is 0.438. The van der Waals surface area contributed by atoms with Gasteiger partial charge in [-0.2, -0.15) is 5.10 Å². The lowest BCUT2D eigenvalue weighted by molar-refractivity contribution is 0.114. The average molecular weight is 314 g/mol. The lowest BCUT2D eigenvalue weighted by Gasteiger charge is -2.11. The molecule has 1 aliphatic heterocycles. The molecule has 0 radical (unpaired) electrons. The van der Waals surface area contributed by atoms with Gasteiger partial charge < -0.3 is 15.8 Å². The van der Waals surface area contributed by atoms with E-state index in [9.17, 15) is 0 Å². The summed E-state index contributed by atoms with van der Waals surface area (Å²) in [6, 6.07) is 8.00. The highest BCUT2D eigenvalue weighted by Gasteiger charge is 2.14. The van der Waals surface area contributed by atoms with Crippen LogP contribution in [0.5, 0.6) is 0 Å². The second kappa shape index (κ2) is 7.23. The first kappa shape index (κ1) is 15.5. The van der Waals surface area contributed by atoms with E-state index in [4.69, 9.17) is 10.5 Å². The predicted molar refractivity (Wildman–Crippen MR) is 88.9 cm³/mol. The van der Waals surface area contributed by atoms with Gasteiger partial charge in [0.25, 0.3) is 0 Å². The van der Waals surface area contributed by atoms with Crippen LogP contribution in [0.4, 0.5) is 0 Å². The smallest absolute Gasteiger partial charge is 0.189 e. The first-order chi connectivity index (χ1) is 11.2. The van der Waals surface area contributed by atoms with Crippen molar-refractivity contribution in [2.45, 2.75) is 32.4 Å². The summed E-state index contributed by atoms with van der Waals surface area (Å²) in [6.07, 6.45) is 2.45. The fourth-order valence-electron chi connectivity index (χ4n) is 2.54. The first-order valence-electron chi connectivity index (χ1n) is 7.84. The van der Waals surface area contributed by atoms with Crippen molar-refractivity contribution >= 4 is 5.96 Å². The molecule has 0 saturated carbocycles. The lowest BCUT2D eigenvalue weighted by Crippen LogP contribution is -2.37. The van der Waals surface area contributed by atoms with Crippen molar-refractivity contribution in [3.63, 3.8) is 0 Å². The summed E-state index contributed by atoms with van der Waals surface area (Å²) in [6.45, 7) is 3.95. The van der Waals surface area contributed by atoms with Crippen molar-refractivity contribution in [3.05, 3.63) is 35.7 Å². The minimum Gasteiger partial charge on any atom is -0.376 e. The molecule has 2 heterocycles. The number of aryl methyl sites for hydroxylation is 1. The Morgan fingerprint density at radius 3 is 3.17 bits per heavy atom. The van der Waals surface area contributed by atoms with Crippen molar-refractivity contribution < 1.29 is 4.74 Å². The molecule has 1 atom stereocenters. The van der Waals surface area contributed by atoms with Crippen LogP contribution in [0.1, 0.15) is 24.2 Å². The number of aromatic amines is 1. The number of H-pyrrole nitrogens is 1. The molecule has 0 spiro atoms. The number of guanidine groups is 1. The van der Waals surface area contributed by atoms with Gasteiger partial charge in [-0.1, -0.05) is 18.2 Å². The highest BCUT2D eigenvalue weighted by Crippen LogP contribution is 2.16. The Hall–Kier alpha value is -2.41. The second-order valence-corrected chi connectivity index (χ2v) is 5.66. The number of nitrogens with one attached hydrogen (secondary N) is 2. The number of aromatic nitrogens is 3. The van der Waals surface area contributed by atoms with Crippen LogP contribution < -0.4 is 11.1 Å². The third kappa shape index (κ3) is 4.29. The molecule has 4 N–H and O–H groups in total. The Bertz CT molecular complexity index is 675. The van der Waals surface area contributed by atoms with Crippen LogP contribution in [0.25, 0.3) is 11.4 Å². The Morgan fingerprint density at radius 1 is 1.52 bits per heavy atom. The van der Waals surface area contributed by atoms with Crippen LogP contribution in [0.15, 0.2) is 29.3 Å². The summed E-state index contributed by atoms with van der Waals surface area (Å²) in [5.74, 6) is 1.93. The van der Waals surface area contributed by atoms with Crippen LogP contribution in [-0.2, 0) is 11.3 Å². The largest absolute Gasteiger partial charge is 0.376 e. The third-order valence-corrected chi connectivity index (χ3v) is 3.75. The Balaban J connectivity index is 1.57. The van der Waals surface area contributed by atoms with Crippen molar-refractivity contribution in [3.8, 4) is 11.4 Å². The molecular formula is C16H22N6O. The van der Waals surface area contributed by atoms with Crippen molar-refractivity contribution in [1.82, 2.24) is 20.5 Å². The lowest BCUT2D eigenvalue weighted by atomic mass is 10.1. The van der Waals surface area contributed by atoms with Crippen molar-refractivity contribution in [2.75, 3.05) is 13.2 Å². The van der Waals surface area contributed by atoms with E-state index in [1.807, 2.05) is 31.2 Å². The van der Waals surface area contributed by atoms with E-state index in [0.29, 0.717) is 24.9 Å². The van der Waals surface area contributed by atoms with Crippen LogP contribution in [0.3, 0.4) is 0 Å². The topological polar surface area (TPSA) is 101 Å². The van der Waals surface area contributed by atoms with Gasteiger partial charge in [-0.3, -0.25) is 5.10 Å². The average Bonchev–Trinajstić information content (AvgIpc) is 3.23. The molecule has 0 amide bonds. The monoisotopic (exact) mass is 314 g/mol. The molecule has 23 heavy (non-hydrogen) atoms. The number of ether oxygens (including phenoxy) is 1. The van der Waals surface area contributed by atoms with Crippen molar-refractivity contribution in [1.29, 1.82) is 0 Å². The second-order valence-electron chi connectivity index (χ2n) is 5.66. The zero-order chi connectivity index (χ0) is 16.1. The molecule has 0 aliphatic carbocycles. The highest BCUT2D eigenvalue weighted by atomic mass is 16.5. The summed E-state index contributed by atoms with van der Waals surface area (Å²) in [5, 5.41) is 10.1. The Labute approximate surface area is 135 Å². The third-order valence-electron chi connectivity index (χ3n) is 3.75. The number of hydrogen-bond acceptors (Lipinski definition) is 4. The maximum absolute atomic E-state index is 5.91. The van der Waals surface area contributed by atoms with Crippen LogP contribution in [0, 0.1) is 6.92 Å².